The van der Waals surface area contributed by atoms with Gasteiger partial charge >= 0.3 is 0 Å². The molecule has 2 N–H and O–H groups in total. The second kappa shape index (κ2) is 7.12. The maximum Gasteiger partial charge on any atom is 0.255 e. The molecule has 1 atom stereocenters. The zero-order chi connectivity index (χ0) is 15.2. The highest BCUT2D eigenvalue weighted by molar-refractivity contribution is 7.09. The maximum atomic E-state index is 13.4. The fraction of sp³-hybridized carbons (Fsp3) is 0.357. The lowest BCUT2D eigenvalue weighted by atomic mass is 10.2. The Balaban J connectivity index is 2.15. The van der Waals surface area contributed by atoms with E-state index in [0.29, 0.717) is 12.4 Å². The number of nitrogens with zero attached hydrogens (tertiary/aromatic N) is 2. The number of halogens is 1. The third-order valence-electron chi connectivity index (χ3n) is 2.81. The van der Waals surface area contributed by atoms with Gasteiger partial charge in [-0.2, -0.15) is 0 Å². The highest BCUT2D eigenvalue weighted by atomic mass is 32.1. The summed E-state index contributed by atoms with van der Waals surface area (Å²) in [5.41, 5.74) is 0.201. The minimum absolute atomic E-state index is 0.201. The predicted molar refractivity (Wildman–Crippen MR) is 81.0 cm³/mol. The number of hydrogen-bond donors (Lipinski definition) is 2. The lowest BCUT2D eigenvalue weighted by molar-refractivity contribution is 0.0940. The topological polar surface area (TPSA) is 66.9 Å². The number of nitrogens with one attached hydrogen (secondary N) is 2. The molecule has 0 aliphatic heterocycles. The summed E-state index contributed by atoms with van der Waals surface area (Å²) in [7, 11) is 0. The van der Waals surface area contributed by atoms with E-state index in [9.17, 15) is 9.18 Å². The van der Waals surface area contributed by atoms with Crippen molar-refractivity contribution in [3.05, 3.63) is 40.2 Å². The number of carbonyl (C=O) groups excluding carboxylic acids is 1. The van der Waals surface area contributed by atoms with Crippen molar-refractivity contribution in [3.63, 3.8) is 0 Å². The van der Waals surface area contributed by atoms with Gasteiger partial charge in [0, 0.05) is 18.1 Å². The van der Waals surface area contributed by atoms with Crippen LogP contribution in [0.4, 0.5) is 10.2 Å². The normalized spacial score (nSPS) is 12.0. The van der Waals surface area contributed by atoms with Crippen molar-refractivity contribution >= 4 is 23.1 Å². The van der Waals surface area contributed by atoms with Gasteiger partial charge in [0.15, 0.2) is 0 Å². The van der Waals surface area contributed by atoms with Gasteiger partial charge in [0.2, 0.25) is 0 Å². The number of rotatable bonds is 6. The van der Waals surface area contributed by atoms with Crippen LogP contribution in [0.5, 0.6) is 0 Å². The van der Waals surface area contributed by atoms with Gasteiger partial charge in [0.25, 0.3) is 5.91 Å². The van der Waals surface area contributed by atoms with Crippen molar-refractivity contribution in [3.8, 4) is 0 Å². The van der Waals surface area contributed by atoms with Crippen molar-refractivity contribution in [1.29, 1.82) is 0 Å². The number of carbonyl (C=O) groups is 1. The van der Waals surface area contributed by atoms with Crippen LogP contribution in [0.3, 0.4) is 0 Å². The Morgan fingerprint density at radius 1 is 1.48 bits per heavy atom. The minimum atomic E-state index is -0.538. The fourth-order valence-corrected chi connectivity index (χ4v) is 2.43. The molecule has 0 saturated carbocycles. The molecule has 0 spiro atoms. The molecule has 0 fully saturated rings. The first-order valence-corrected chi connectivity index (χ1v) is 7.59. The number of thiazole rings is 1. The summed E-state index contributed by atoms with van der Waals surface area (Å²) >= 11 is 1.46. The van der Waals surface area contributed by atoms with E-state index in [2.05, 4.69) is 20.6 Å². The van der Waals surface area contributed by atoms with Crippen molar-refractivity contribution < 1.29 is 9.18 Å². The largest absolute Gasteiger partial charge is 0.369 e. The molecule has 2 heterocycles. The Bertz CT molecular complexity index is 603. The lowest BCUT2D eigenvalue weighted by Gasteiger charge is -2.14. The predicted octanol–water partition coefficient (Wildman–Crippen LogP) is 2.99. The first kappa shape index (κ1) is 15.4. The number of amides is 1. The van der Waals surface area contributed by atoms with Crippen LogP contribution < -0.4 is 10.6 Å². The van der Waals surface area contributed by atoms with Gasteiger partial charge in [-0.3, -0.25) is 4.79 Å². The van der Waals surface area contributed by atoms with Crippen molar-refractivity contribution in [2.45, 2.75) is 26.3 Å². The number of pyridine rings is 1. The summed E-state index contributed by atoms with van der Waals surface area (Å²) in [4.78, 5) is 20.4. The van der Waals surface area contributed by atoms with E-state index in [-0.39, 0.29) is 17.5 Å². The Labute approximate surface area is 126 Å². The number of hydrogen-bond acceptors (Lipinski definition) is 5. The molecule has 0 aromatic carbocycles. The maximum absolute atomic E-state index is 13.4. The van der Waals surface area contributed by atoms with Crippen molar-refractivity contribution in [1.82, 2.24) is 15.3 Å². The molecule has 0 bridgehead atoms. The quantitative estimate of drug-likeness (QED) is 0.861. The lowest BCUT2D eigenvalue weighted by Crippen LogP contribution is -2.28. The monoisotopic (exact) mass is 308 g/mol. The Kier molecular flexibility index (Phi) is 5.21. The van der Waals surface area contributed by atoms with E-state index in [1.54, 1.807) is 6.20 Å². The molecule has 0 aliphatic rings. The van der Waals surface area contributed by atoms with E-state index < -0.39 is 5.82 Å². The van der Waals surface area contributed by atoms with E-state index in [4.69, 9.17) is 0 Å². The fourth-order valence-electron chi connectivity index (χ4n) is 1.78. The SMILES string of the molecule is CCCNc1ncc(F)cc1C(=O)NC(C)c1nccs1. The molecule has 0 saturated heterocycles. The van der Waals surface area contributed by atoms with Crippen LogP contribution in [-0.2, 0) is 0 Å². The van der Waals surface area contributed by atoms with E-state index >= 15 is 0 Å². The smallest absolute Gasteiger partial charge is 0.255 e. The number of anilines is 1. The van der Waals surface area contributed by atoms with Crippen LogP contribution >= 0.6 is 11.3 Å². The molecule has 0 aliphatic carbocycles. The van der Waals surface area contributed by atoms with Crippen LogP contribution in [0.15, 0.2) is 23.8 Å². The van der Waals surface area contributed by atoms with Crippen LogP contribution in [0, 0.1) is 5.82 Å². The van der Waals surface area contributed by atoms with Crippen LogP contribution in [0.2, 0.25) is 0 Å². The zero-order valence-corrected chi connectivity index (χ0v) is 12.7. The molecule has 0 radical (unpaired) electrons. The molecule has 2 rings (SSSR count). The first-order valence-electron chi connectivity index (χ1n) is 6.71. The van der Waals surface area contributed by atoms with E-state index in [1.807, 2.05) is 19.2 Å². The highest BCUT2D eigenvalue weighted by Crippen LogP contribution is 2.18. The van der Waals surface area contributed by atoms with Gasteiger partial charge in [-0.05, 0) is 19.4 Å². The van der Waals surface area contributed by atoms with Crippen LogP contribution in [-0.4, -0.2) is 22.4 Å². The van der Waals surface area contributed by atoms with Gasteiger partial charge in [-0.15, -0.1) is 11.3 Å². The summed E-state index contributed by atoms with van der Waals surface area (Å²) < 4.78 is 13.4. The summed E-state index contributed by atoms with van der Waals surface area (Å²) in [5.74, 6) is -0.519. The summed E-state index contributed by atoms with van der Waals surface area (Å²) in [6.07, 6.45) is 3.66. The molecule has 1 unspecified atom stereocenters. The van der Waals surface area contributed by atoms with Gasteiger partial charge in [0.1, 0.15) is 16.6 Å². The standard InChI is InChI=1S/C14H17FN4OS/c1-3-4-16-12-11(7-10(15)8-18-12)13(20)19-9(2)14-17-5-6-21-14/h5-9H,3-4H2,1-2H3,(H,16,18)(H,19,20). The molecule has 112 valence electrons. The third-order valence-corrected chi connectivity index (χ3v) is 3.77. The molecular weight excluding hydrogens is 291 g/mol. The van der Waals surface area contributed by atoms with Gasteiger partial charge in [-0.1, -0.05) is 6.92 Å². The summed E-state index contributed by atoms with van der Waals surface area (Å²) in [6, 6.07) is 0.953. The molecule has 7 heteroatoms. The Morgan fingerprint density at radius 2 is 2.29 bits per heavy atom. The van der Waals surface area contributed by atoms with Gasteiger partial charge in [-0.25, -0.2) is 14.4 Å². The van der Waals surface area contributed by atoms with Gasteiger partial charge in [0.05, 0.1) is 17.8 Å². The minimum Gasteiger partial charge on any atom is -0.369 e. The first-order chi connectivity index (χ1) is 10.1. The number of aromatic nitrogens is 2. The van der Waals surface area contributed by atoms with E-state index in [0.717, 1.165) is 17.6 Å². The molecule has 5 nitrogen and oxygen atoms in total. The van der Waals surface area contributed by atoms with E-state index in [1.165, 1.54) is 17.4 Å². The molecule has 1 amide bonds. The molecule has 2 aromatic rings. The van der Waals surface area contributed by atoms with Crippen molar-refractivity contribution in [2.24, 2.45) is 0 Å². The second-order valence-corrected chi connectivity index (χ2v) is 5.47. The zero-order valence-electron chi connectivity index (χ0n) is 11.9. The average Bonchev–Trinajstić information content (AvgIpc) is 3.00. The Morgan fingerprint density at radius 3 is 2.95 bits per heavy atom. The Hall–Kier alpha value is -2.02. The van der Waals surface area contributed by atoms with Crippen molar-refractivity contribution in [2.75, 3.05) is 11.9 Å². The third kappa shape index (κ3) is 3.98. The summed E-state index contributed by atoms with van der Waals surface area (Å²) in [5, 5.41) is 8.48. The molecule has 21 heavy (non-hydrogen) atoms. The molecule has 2 aromatic heterocycles. The molecular formula is C14H17FN4OS. The second-order valence-electron chi connectivity index (χ2n) is 4.54. The van der Waals surface area contributed by atoms with Crippen LogP contribution in [0.25, 0.3) is 0 Å². The van der Waals surface area contributed by atoms with Crippen LogP contribution in [0.1, 0.15) is 41.7 Å². The average molecular weight is 308 g/mol. The highest BCUT2D eigenvalue weighted by Gasteiger charge is 2.17. The summed E-state index contributed by atoms with van der Waals surface area (Å²) in [6.45, 7) is 4.50. The van der Waals surface area contributed by atoms with Gasteiger partial charge < -0.3 is 10.6 Å².